The summed E-state index contributed by atoms with van der Waals surface area (Å²) in [6.45, 7) is 8.28. The number of carbonyl (C=O) groups is 1. The summed E-state index contributed by atoms with van der Waals surface area (Å²) >= 11 is 0. The molecule has 2 aliphatic heterocycles. The Morgan fingerprint density at radius 1 is 1.13 bits per heavy atom. The number of hydrogen-bond donors (Lipinski definition) is 2. The van der Waals surface area contributed by atoms with E-state index < -0.39 is 0 Å². The van der Waals surface area contributed by atoms with Crippen molar-refractivity contribution in [1.82, 2.24) is 40.5 Å². The van der Waals surface area contributed by atoms with Gasteiger partial charge in [0.05, 0.1) is 24.3 Å². The highest BCUT2D eigenvalue weighted by Crippen LogP contribution is 2.48. The molecule has 14 heteroatoms. The molecule has 2 aromatic carbocycles. The Morgan fingerprint density at radius 2 is 1.96 bits per heavy atom. The Balaban J connectivity index is 1.24. The van der Waals surface area contributed by atoms with Gasteiger partial charge in [-0.15, -0.1) is 5.10 Å². The summed E-state index contributed by atoms with van der Waals surface area (Å²) < 4.78 is 34.4. The van der Waals surface area contributed by atoms with E-state index in [0.717, 1.165) is 77.3 Å². The molecule has 5 aromatic rings. The van der Waals surface area contributed by atoms with Gasteiger partial charge in [-0.1, -0.05) is 49.4 Å². The summed E-state index contributed by atoms with van der Waals surface area (Å²) in [6.07, 6.45) is 12.4. The van der Waals surface area contributed by atoms with Crippen molar-refractivity contribution in [2.75, 3.05) is 38.3 Å². The quantitative estimate of drug-likeness (QED) is 0.115. The molecular weight excluding hydrogens is 702 g/mol. The van der Waals surface area contributed by atoms with Gasteiger partial charge in [0.25, 0.3) is 0 Å². The van der Waals surface area contributed by atoms with Crippen LogP contribution in [0.5, 0.6) is 11.8 Å². The third-order valence-corrected chi connectivity index (χ3v) is 10.7. The lowest BCUT2D eigenvalue weighted by Gasteiger charge is -2.30. The first-order chi connectivity index (χ1) is 26.8. The van der Waals surface area contributed by atoms with Crippen LogP contribution in [0.15, 0.2) is 54.6 Å². The number of fused-ring (bicyclic) bond motifs is 3. The molecule has 55 heavy (non-hydrogen) atoms. The molecule has 0 amide bonds. The van der Waals surface area contributed by atoms with Crippen molar-refractivity contribution in [2.45, 2.75) is 70.7 Å². The zero-order chi connectivity index (χ0) is 38.1. The van der Waals surface area contributed by atoms with E-state index >= 15 is 0 Å². The highest BCUT2D eigenvalue weighted by molar-refractivity contribution is 5.98. The number of hydrogen-bond acceptors (Lipinski definition) is 11. The molecule has 2 N–H and O–H groups in total. The number of ether oxygens (including phenoxy) is 3. The number of methoxy groups -OCH3 is 1. The highest BCUT2D eigenvalue weighted by atomic mass is 19.1. The number of nitrogens with zero attached hydrogens (tertiary/aromatic N) is 7. The number of nitrogens with one attached hydrogen (secondary N) is 2. The van der Waals surface area contributed by atoms with E-state index in [-0.39, 0.29) is 30.4 Å². The van der Waals surface area contributed by atoms with Crippen LogP contribution in [-0.4, -0.2) is 86.9 Å². The van der Waals surface area contributed by atoms with Crippen molar-refractivity contribution in [3.63, 3.8) is 0 Å². The van der Waals surface area contributed by atoms with E-state index in [2.05, 4.69) is 36.8 Å². The zero-order valence-electron chi connectivity index (χ0n) is 31.5. The van der Waals surface area contributed by atoms with Crippen LogP contribution in [-0.2, 0) is 16.1 Å². The van der Waals surface area contributed by atoms with Gasteiger partial charge < -0.3 is 29.2 Å². The third kappa shape index (κ3) is 7.61. The molecule has 8 rings (SSSR count). The minimum absolute atomic E-state index is 0.0904. The van der Waals surface area contributed by atoms with E-state index in [1.807, 2.05) is 44.2 Å². The number of benzene rings is 2. The Kier molecular flexibility index (Phi) is 10.4. The van der Waals surface area contributed by atoms with Crippen LogP contribution in [0.25, 0.3) is 34.3 Å². The van der Waals surface area contributed by atoms with Gasteiger partial charge in [0, 0.05) is 54.0 Å². The van der Waals surface area contributed by atoms with E-state index in [1.165, 1.54) is 12.2 Å². The predicted molar refractivity (Wildman–Crippen MR) is 207 cm³/mol. The fraction of sp³-hybridized carbons (Fsp3) is 0.415. The Labute approximate surface area is 318 Å². The number of anilines is 1. The summed E-state index contributed by atoms with van der Waals surface area (Å²) in [5.41, 5.74) is 5.13. The molecule has 0 radical (unpaired) electrons. The van der Waals surface area contributed by atoms with Crippen molar-refractivity contribution < 1.29 is 23.4 Å². The molecule has 3 aromatic heterocycles. The van der Waals surface area contributed by atoms with Crippen molar-refractivity contribution >= 4 is 35.2 Å². The SMILES string of the molecule is C/C=C(F)/C=c1/[nH]nc/c1=C\c1c(C2CC2)cc2c(N3CC4CC3CN4)nc(OCCOC)nc2c1OCc1ccc(-c2cn(C(C=O)C(C)C)nn2)cc1. The third-order valence-electron chi connectivity index (χ3n) is 10.7. The molecule has 3 fully saturated rings. The molecule has 2 bridgehead atoms. The van der Waals surface area contributed by atoms with Crippen molar-refractivity contribution in [1.29, 1.82) is 0 Å². The van der Waals surface area contributed by atoms with Crippen molar-refractivity contribution in [3.8, 4) is 23.0 Å². The average Bonchev–Trinajstić information content (AvgIpc) is 3.51. The lowest BCUT2D eigenvalue weighted by atomic mass is 9.97. The lowest BCUT2D eigenvalue weighted by Crippen LogP contribution is -2.44. The number of aldehydes is 1. The fourth-order valence-corrected chi connectivity index (χ4v) is 7.50. The number of piperazine rings is 1. The average molecular weight is 748 g/mol. The molecule has 0 spiro atoms. The van der Waals surface area contributed by atoms with Gasteiger partial charge in [0.2, 0.25) is 0 Å². The first-order valence-electron chi connectivity index (χ1n) is 19.0. The lowest BCUT2D eigenvalue weighted by molar-refractivity contribution is -0.111. The predicted octanol–water partition coefficient (Wildman–Crippen LogP) is 4.52. The van der Waals surface area contributed by atoms with Gasteiger partial charge in [-0.2, -0.15) is 15.1 Å². The normalized spacial score (nSPS) is 19.6. The molecule has 3 unspecified atom stereocenters. The molecule has 1 saturated carbocycles. The van der Waals surface area contributed by atoms with Crippen molar-refractivity contribution in [2.24, 2.45) is 5.92 Å². The smallest absolute Gasteiger partial charge is 0.319 e. The largest absolute Gasteiger partial charge is 0.486 e. The second kappa shape index (κ2) is 15.7. The Morgan fingerprint density at radius 3 is 2.65 bits per heavy atom. The van der Waals surface area contributed by atoms with Crippen LogP contribution >= 0.6 is 0 Å². The van der Waals surface area contributed by atoms with Gasteiger partial charge >= 0.3 is 6.01 Å². The molecule has 3 atom stereocenters. The molecule has 1 aliphatic carbocycles. The summed E-state index contributed by atoms with van der Waals surface area (Å²) in [7, 11) is 1.63. The van der Waals surface area contributed by atoms with Crippen LogP contribution in [0.3, 0.4) is 0 Å². The number of allylic oxidation sites excluding steroid dienone is 2. The molecule has 2 saturated heterocycles. The van der Waals surface area contributed by atoms with Crippen LogP contribution in [0, 0.1) is 5.92 Å². The van der Waals surface area contributed by atoms with Crippen LogP contribution in [0.4, 0.5) is 10.2 Å². The number of rotatable bonds is 15. The Hall–Kier alpha value is -5.47. The topological polar surface area (TPSA) is 145 Å². The molecular formula is C41H46FN9O4. The number of H-pyrrole nitrogens is 1. The van der Waals surface area contributed by atoms with Gasteiger partial charge in [-0.3, -0.25) is 5.10 Å². The minimum atomic E-state index is -0.383. The fourth-order valence-electron chi connectivity index (χ4n) is 7.50. The number of aromatic amines is 1. The first kappa shape index (κ1) is 36.5. The second-order valence-electron chi connectivity index (χ2n) is 14.8. The maximum Gasteiger partial charge on any atom is 0.319 e. The maximum atomic E-state index is 14.5. The first-order valence-corrected chi connectivity index (χ1v) is 19.0. The second-order valence-corrected chi connectivity index (χ2v) is 14.8. The van der Waals surface area contributed by atoms with Gasteiger partial charge in [-0.25, -0.2) is 9.07 Å². The van der Waals surface area contributed by atoms with E-state index in [9.17, 15) is 9.18 Å². The monoisotopic (exact) mass is 747 g/mol. The van der Waals surface area contributed by atoms with E-state index in [0.29, 0.717) is 53.5 Å². The van der Waals surface area contributed by atoms with E-state index in [4.69, 9.17) is 24.2 Å². The van der Waals surface area contributed by atoms with Gasteiger partial charge in [0.15, 0.2) is 5.75 Å². The standard InChI is InChI=1S/C41H46FN9O4/c1-5-29(42)15-35-28(18-44-47-35)14-33-32(26-10-11-26)17-34-38(45-41(54-13-12-53-4)46-40(34)50-20-30-16-31(50)19-43-30)39(33)55-23-25-6-8-27(9-7-25)36-21-51(49-48-36)37(22-52)24(2)3/h5-9,14-15,17-18,21-22,24,26,30-31,37,43,47H,10-13,16,19-20,23H2,1-4H3/b28-14+,29-5-,35-15+. The highest BCUT2D eigenvalue weighted by Gasteiger charge is 2.40. The van der Waals surface area contributed by atoms with Crippen molar-refractivity contribution in [3.05, 3.63) is 81.9 Å². The van der Waals surface area contributed by atoms with E-state index in [1.54, 1.807) is 31.1 Å². The van der Waals surface area contributed by atoms with Crippen LogP contribution in [0.1, 0.15) is 68.7 Å². The summed E-state index contributed by atoms with van der Waals surface area (Å²) in [4.78, 5) is 24.1. The molecule has 286 valence electrons. The Bertz CT molecular complexity index is 2330. The number of aromatic nitrogens is 7. The molecule has 5 heterocycles. The van der Waals surface area contributed by atoms with Crippen LogP contribution in [0.2, 0.25) is 0 Å². The van der Waals surface area contributed by atoms with Crippen LogP contribution < -0.4 is 30.3 Å². The maximum absolute atomic E-state index is 14.5. The number of carbonyl (C=O) groups excluding carboxylic acids is 1. The molecule has 13 nitrogen and oxygen atoms in total. The summed E-state index contributed by atoms with van der Waals surface area (Å²) in [5.74, 6) is 1.49. The van der Waals surface area contributed by atoms with Gasteiger partial charge in [-0.05, 0) is 67.4 Å². The minimum Gasteiger partial charge on any atom is -0.486 e. The summed E-state index contributed by atoms with van der Waals surface area (Å²) in [5, 5.41) is 21.6. The number of halogens is 1. The summed E-state index contributed by atoms with van der Waals surface area (Å²) in [6, 6.07) is 10.8. The van der Waals surface area contributed by atoms with Gasteiger partial charge in [0.1, 0.15) is 48.4 Å². The molecule has 3 aliphatic rings. The zero-order valence-corrected chi connectivity index (χ0v) is 31.5.